The minimum absolute atomic E-state index is 0. The van der Waals surface area contributed by atoms with Crippen LogP contribution in [0.4, 0.5) is 11.4 Å². The van der Waals surface area contributed by atoms with Crippen LogP contribution in [0.2, 0.25) is 0 Å². The van der Waals surface area contributed by atoms with E-state index >= 15 is 0 Å². The maximum atomic E-state index is 12.6. The number of methoxy groups -OCH3 is 1. The highest BCUT2D eigenvalue weighted by Crippen LogP contribution is 2.28. The summed E-state index contributed by atoms with van der Waals surface area (Å²) in [6.45, 7) is 2.17. The van der Waals surface area contributed by atoms with Gasteiger partial charge in [0.2, 0.25) is 11.8 Å². The number of halogens is 1. The van der Waals surface area contributed by atoms with Gasteiger partial charge in [0.15, 0.2) is 0 Å². The van der Waals surface area contributed by atoms with Crippen LogP contribution in [0.15, 0.2) is 48.5 Å². The second-order valence-electron chi connectivity index (χ2n) is 6.52. The molecule has 0 fully saturated rings. The molecule has 2 N–H and O–H groups in total. The van der Waals surface area contributed by atoms with E-state index < -0.39 is 0 Å². The molecule has 0 saturated heterocycles. The molecule has 28 heavy (non-hydrogen) atoms. The lowest BCUT2D eigenvalue weighted by Crippen LogP contribution is -2.30. The first kappa shape index (κ1) is 21.9. The molecule has 2 aromatic rings. The monoisotopic (exact) mass is 403 g/mol. The van der Waals surface area contributed by atoms with E-state index in [9.17, 15) is 9.59 Å². The van der Waals surface area contributed by atoms with E-state index in [-0.39, 0.29) is 30.8 Å². The Bertz CT molecular complexity index is 796. The quantitative estimate of drug-likeness (QED) is 0.664. The zero-order chi connectivity index (χ0) is 19.1. The second-order valence-corrected chi connectivity index (χ2v) is 6.52. The molecule has 6 nitrogen and oxygen atoms in total. The average Bonchev–Trinajstić information content (AvgIpc) is 3.11. The number of amides is 2. The third kappa shape index (κ3) is 5.79. The van der Waals surface area contributed by atoms with Crippen LogP contribution < -0.4 is 15.5 Å². The van der Waals surface area contributed by atoms with Gasteiger partial charge in [-0.25, -0.2) is 0 Å². The molecule has 0 atom stereocenters. The summed E-state index contributed by atoms with van der Waals surface area (Å²) >= 11 is 0. The number of hydrogen-bond acceptors (Lipinski definition) is 4. The van der Waals surface area contributed by atoms with Gasteiger partial charge >= 0.3 is 0 Å². The summed E-state index contributed by atoms with van der Waals surface area (Å²) in [4.78, 5) is 26.4. The van der Waals surface area contributed by atoms with Crippen molar-refractivity contribution in [2.45, 2.75) is 12.8 Å². The zero-order valence-corrected chi connectivity index (χ0v) is 16.8. The van der Waals surface area contributed by atoms with Gasteiger partial charge in [0, 0.05) is 31.6 Å². The van der Waals surface area contributed by atoms with Gasteiger partial charge in [0.05, 0.1) is 19.6 Å². The number of carbonyl (C=O) groups is 2. The SMILES string of the molecule is COCCNCC(=O)Nc1ccc(CC(=O)N2CCc3ccccc32)cc1.Cl. The van der Waals surface area contributed by atoms with E-state index in [2.05, 4.69) is 16.7 Å². The van der Waals surface area contributed by atoms with Gasteiger partial charge in [0.1, 0.15) is 0 Å². The van der Waals surface area contributed by atoms with Crippen LogP contribution >= 0.6 is 12.4 Å². The number of para-hydroxylation sites is 1. The molecule has 0 aromatic heterocycles. The summed E-state index contributed by atoms with van der Waals surface area (Å²) in [5.74, 6) is -0.0114. The Kier molecular flexibility index (Phi) is 8.44. The van der Waals surface area contributed by atoms with Crippen molar-refractivity contribution in [1.29, 1.82) is 0 Å². The molecule has 2 aromatic carbocycles. The lowest BCUT2D eigenvalue weighted by atomic mass is 10.1. The Hall–Kier alpha value is -2.41. The Morgan fingerprint density at radius 1 is 1.11 bits per heavy atom. The fourth-order valence-electron chi connectivity index (χ4n) is 3.15. The van der Waals surface area contributed by atoms with Gasteiger partial charge < -0.3 is 20.3 Å². The van der Waals surface area contributed by atoms with Crippen LogP contribution in [0.1, 0.15) is 11.1 Å². The maximum absolute atomic E-state index is 12.6. The van der Waals surface area contributed by atoms with Crippen molar-refractivity contribution in [2.75, 3.05) is 43.6 Å². The minimum Gasteiger partial charge on any atom is -0.383 e. The minimum atomic E-state index is -0.108. The molecule has 7 heteroatoms. The zero-order valence-electron chi connectivity index (χ0n) is 15.9. The topological polar surface area (TPSA) is 70.7 Å². The molecular weight excluding hydrogens is 378 g/mol. The van der Waals surface area contributed by atoms with Crippen molar-refractivity contribution in [1.82, 2.24) is 5.32 Å². The summed E-state index contributed by atoms with van der Waals surface area (Å²) in [5.41, 5.74) is 3.90. The van der Waals surface area contributed by atoms with E-state index in [4.69, 9.17) is 4.74 Å². The van der Waals surface area contributed by atoms with E-state index in [1.807, 2.05) is 47.4 Å². The maximum Gasteiger partial charge on any atom is 0.238 e. The molecular formula is C21H26ClN3O3. The summed E-state index contributed by atoms with van der Waals surface area (Å²) in [7, 11) is 1.62. The summed E-state index contributed by atoms with van der Waals surface area (Å²) in [6, 6.07) is 15.5. The van der Waals surface area contributed by atoms with Gasteiger partial charge in [-0.3, -0.25) is 9.59 Å². The van der Waals surface area contributed by atoms with E-state index in [0.717, 1.165) is 29.9 Å². The molecule has 0 spiro atoms. The van der Waals surface area contributed by atoms with Crippen LogP contribution in [-0.4, -0.2) is 45.2 Å². The average molecular weight is 404 g/mol. The third-order valence-electron chi connectivity index (χ3n) is 4.55. The summed E-state index contributed by atoms with van der Waals surface area (Å²) < 4.78 is 4.92. The number of fused-ring (bicyclic) bond motifs is 1. The lowest BCUT2D eigenvalue weighted by molar-refractivity contribution is -0.118. The Morgan fingerprint density at radius 2 is 1.86 bits per heavy atom. The standard InChI is InChI=1S/C21H25N3O3.ClH/c1-27-13-11-22-15-20(25)23-18-8-6-16(7-9-18)14-21(26)24-12-10-17-4-2-3-5-19(17)24;/h2-9,22H,10-15H2,1H3,(H,23,25);1H. The Morgan fingerprint density at radius 3 is 2.61 bits per heavy atom. The number of hydrogen-bond donors (Lipinski definition) is 2. The molecule has 150 valence electrons. The second kappa shape index (κ2) is 10.8. The smallest absolute Gasteiger partial charge is 0.238 e. The number of benzene rings is 2. The van der Waals surface area contributed by atoms with Gasteiger partial charge in [-0.15, -0.1) is 12.4 Å². The predicted octanol–water partition coefficient (Wildman–Crippen LogP) is 2.41. The molecule has 0 unspecified atom stereocenters. The van der Waals surface area contributed by atoms with Crippen molar-refractivity contribution >= 4 is 35.6 Å². The first-order chi connectivity index (χ1) is 13.2. The van der Waals surface area contributed by atoms with Crippen LogP contribution in [-0.2, 0) is 27.2 Å². The normalized spacial score (nSPS) is 12.2. The van der Waals surface area contributed by atoms with Gasteiger partial charge in [-0.05, 0) is 35.7 Å². The molecule has 0 bridgehead atoms. The number of nitrogens with one attached hydrogen (secondary N) is 2. The van der Waals surface area contributed by atoms with E-state index in [1.54, 1.807) is 7.11 Å². The Balaban J connectivity index is 0.00000280. The highest BCUT2D eigenvalue weighted by Gasteiger charge is 2.23. The molecule has 3 rings (SSSR count). The molecule has 0 saturated carbocycles. The van der Waals surface area contributed by atoms with E-state index in [1.165, 1.54) is 5.56 Å². The number of carbonyl (C=O) groups excluding carboxylic acids is 2. The van der Waals surface area contributed by atoms with Crippen molar-refractivity contribution in [3.63, 3.8) is 0 Å². The van der Waals surface area contributed by atoms with Gasteiger partial charge in [-0.1, -0.05) is 30.3 Å². The van der Waals surface area contributed by atoms with Crippen molar-refractivity contribution in [3.05, 3.63) is 59.7 Å². The number of nitrogens with zero attached hydrogens (tertiary/aromatic N) is 1. The number of ether oxygens (including phenoxy) is 1. The van der Waals surface area contributed by atoms with Crippen molar-refractivity contribution < 1.29 is 14.3 Å². The highest BCUT2D eigenvalue weighted by atomic mass is 35.5. The van der Waals surface area contributed by atoms with Crippen LogP contribution in [0.5, 0.6) is 0 Å². The first-order valence-electron chi connectivity index (χ1n) is 9.14. The lowest BCUT2D eigenvalue weighted by Gasteiger charge is -2.17. The van der Waals surface area contributed by atoms with Gasteiger partial charge in [0.25, 0.3) is 0 Å². The third-order valence-corrected chi connectivity index (χ3v) is 4.55. The summed E-state index contributed by atoms with van der Waals surface area (Å²) in [6.07, 6.45) is 1.26. The molecule has 1 heterocycles. The predicted molar refractivity (Wildman–Crippen MR) is 113 cm³/mol. The molecule has 1 aliphatic heterocycles. The van der Waals surface area contributed by atoms with Gasteiger partial charge in [-0.2, -0.15) is 0 Å². The Labute approximate surface area is 171 Å². The number of anilines is 2. The molecule has 0 radical (unpaired) electrons. The van der Waals surface area contributed by atoms with Crippen LogP contribution in [0.3, 0.4) is 0 Å². The van der Waals surface area contributed by atoms with Crippen molar-refractivity contribution in [3.8, 4) is 0 Å². The first-order valence-corrected chi connectivity index (χ1v) is 9.14. The summed E-state index contributed by atoms with van der Waals surface area (Å²) in [5, 5.41) is 5.83. The van der Waals surface area contributed by atoms with Crippen LogP contribution in [0, 0.1) is 0 Å². The fraction of sp³-hybridized carbons (Fsp3) is 0.333. The van der Waals surface area contributed by atoms with E-state index in [0.29, 0.717) is 19.6 Å². The largest absolute Gasteiger partial charge is 0.383 e. The fourth-order valence-corrected chi connectivity index (χ4v) is 3.15. The van der Waals surface area contributed by atoms with Crippen molar-refractivity contribution in [2.24, 2.45) is 0 Å². The number of rotatable bonds is 8. The molecule has 2 amide bonds. The highest BCUT2D eigenvalue weighted by molar-refractivity contribution is 5.97. The molecule has 0 aliphatic carbocycles. The van der Waals surface area contributed by atoms with Crippen LogP contribution in [0.25, 0.3) is 0 Å². The molecule has 1 aliphatic rings.